The lowest BCUT2D eigenvalue weighted by Gasteiger charge is -2.30. The third-order valence-electron chi connectivity index (χ3n) is 7.13. The molecule has 0 spiro atoms. The molecule has 8 nitrogen and oxygen atoms in total. The Bertz CT molecular complexity index is 1180. The van der Waals surface area contributed by atoms with Crippen LogP contribution in [-0.2, 0) is 30.3 Å². The molecular formula is C33H47N3O5. The Balaban J connectivity index is 2.39. The van der Waals surface area contributed by atoms with Crippen LogP contribution in [0.4, 0.5) is 0 Å². The van der Waals surface area contributed by atoms with Crippen molar-refractivity contribution >= 4 is 23.7 Å². The number of rotatable bonds is 5. The van der Waals surface area contributed by atoms with Gasteiger partial charge in [0.1, 0.15) is 24.7 Å². The van der Waals surface area contributed by atoms with Gasteiger partial charge in [-0.3, -0.25) is 19.2 Å². The molecule has 1 heterocycles. The molecule has 3 amide bonds. The minimum atomic E-state index is -0.853. The summed E-state index contributed by atoms with van der Waals surface area (Å²) in [4.78, 5) is 53.9. The summed E-state index contributed by atoms with van der Waals surface area (Å²) in [6.07, 6.45) is 4.26. The van der Waals surface area contributed by atoms with E-state index < -0.39 is 41.9 Å². The number of carbonyl (C=O) groups excluding carboxylic acids is 4. The molecule has 0 aromatic heterocycles. The lowest BCUT2D eigenvalue weighted by Crippen LogP contribution is -2.54. The van der Waals surface area contributed by atoms with Crippen molar-refractivity contribution in [2.45, 2.75) is 85.9 Å². The van der Waals surface area contributed by atoms with Gasteiger partial charge in [0.15, 0.2) is 0 Å². The molecule has 1 aromatic carbocycles. The molecule has 2 rings (SSSR count). The van der Waals surface area contributed by atoms with Crippen LogP contribution in [0.15, 0.2) is 65.8 Å². The van der Waals surface area contributed by atoms with E-state index in [0.717, 1.165) is 16.7 Å². The number of carbonyl (C=O) groups is 4. The quantitative estimate of drug-likeness (QED) is 0.311. The first-order chi connectivity index (χ1) is 19.1. The zero-order valence-corrected chi connectivity index (χ0v) is 25.9. The van der Waals surface area contributed by atoms with E-state index >= 15 is 0 Å². The van der Waals surface area contributed by atoms with Crippen molar-refractivity contribution in [3.8, 4) is 0 Å². The zero-order chi connectivity index (χ0) is 30.9. The van der Waals surface area contributed by atoms with Crippen LogP contribution in [0.2, 0.25) is 0 Å². The monoisotopic (exact) mass is 565 g/mol. The molecule has 1 fully saturated rings. The smallest absolute Gasteiger partial charge is 0.326 e. The van der Waals surface area contributed by atoms with E-state index in [1.807, 2.05) is 57.2 Å². The number of hydrogen-bond acceptors (Lipinski definition) is 5. The van der Waals surface area contributed by atoms with Crippen LogP contribution in [0.5, 0.6) is 0 Å². The van der Waals surface area contributed by atoms with Gasteiger partial charge in [0.25, 0.3) is 0 Å². The molecule has 0 bridgehead atoms. The first-order valence-electron chi connectivity index (χ1n) is 14.2. The van der Waals surface area contributed by atoms with Crippen LogP contribution in [0.25, 0.3) is 0 Å². The van der Waals surface area contributed by atoms with Gasteiger partial charge in [-0.2, -0.15) is 0 Å². The standard InChI is InChI=1S/C33H47N3O5/c1-21(19-33(6,7)8)17-23(3)30-24(4)22(2)18-28(37)35-25(5)32(40)36(9)27(31(39)34-20-29(38)41-30)16-15-26-13-11-10-12-14-26/h10-14,17,19,24-25,27,30H,2,15-16,18,20H2,1,3-9H3,(H,34,39)(H,35,37)/b21-19+,23-17+/t24-,25+,27+,30+/m1/s1. The van der Waals surface area contributed by atoms with Crippen molar-refractivity contribution < 1.29 is 23.9 Å². The molecule has 1 aliphatic rings. The number of allylic oxidation sites excluding steroid dienone is 3. The highest BCUT2D eigenvalue weighted by Crippen LogP contribution is 2.27. The second-order valence-corrected chi connectivity index (χ2v) is 12.2. The molecule has 41 heavy (non-hydrogen) atoms. The first-order valence-corrected chi connectivity index (χ1v) is 14.2. The van der Waals surface area contributed by atoms with Gasteiger partial charge in [0.05, 0.1) is 0 Å². The van der Waals surface area contributed by atoms with E-state index in [9.17, 15) is 19.2 Å². The fourth-order valence-corrected chi connectivity index (χ4v) is 5.06. The van der Waals surface area contributed by atoms with Crippen molar-refractivity contribution in [1.29, 1.82) is 0 Å². The molecule has 224 valence electrons. The molecule has 0 aliphatic carbocycles. The summed E-state index contributed by atoms with van der Waals surface area (Å²) in [5.74, 6) is -2.24. The number of benzene rings is 1. The average Bonchev–Trinajstić information content (AvgIpc) is 2.88. The molecule has 0 saturated carbocycles. The number of hydrogen-bond donors (Lipinski definition) is 2. The fraction of sp³-hybridized carbons (Fsp3) is 0.515. The van der Waals surface area contributed by atoms with Crippen LogP contribution < -0.4 is 10.6 Å². The third kappa shape index (κ3) is 10.7. The predicted octanol–water partition coefficient (Wildman–Crippen LogP) is 4.51. The number of nitrogens with one attached hydrogen (secondary N) is 2. The number of likely N-dealkylation sites (N-methyl/N-ethyl adjacent to an activating group) is 1. The Labute approximate surface area is 245 Å². The van der Waals surface area contributed by atoms with Crippen LogP contribution in [-0.4, -0.2) is 60.4 Å². The largest absolute Gasteiger partial charge is 0.456 e. The first kappa shape index (κ1) is 33.5. The molecule has 1 saturated heterocycles. The van der Waals surface area contributed by atoms with Crippen LogP contribution in [0.3, 0.4) is 0 Å². The van der Waals surface area contributed by atoms with Crippen molar-refractivity contribution in [3.63, 3.8) is 0 Å². The Kier molecular flexibility index (Phi) is 12.1. The molecule has 1 aliphatic heterocycles. The third-order valence-corrected chi connectivity index (χ3v) is 7.13. The highest BCUT2D eigenvalue weighted by molar-refractivity contribution is 5.93. The summed E-state index contributed by atoms with van der Waals surface area (Å²) < 4.78 is 5.90. The maximum atomic E-state index is 13.3. The van der Waals surface area contributed by atoms with E-state index in [1.54, 1.807) is 6.92 Å². The Hall–Kier alpha value is -3.68. The number of cyclic esters (lactones) is 1. The summed E-state index contributed by atoms with van der Waals surface area (Å²) >= 11 is 0. The number of esters is 1. The lowest BCUT2D eigenvalue weighted by atomic mass is 9.88. The second-order valence-electron chi connectivity index (χ2n) is 12.2. The maximum Gasteiger partial charge on any atom is 0.326 e. The predicted molar refractivity (Wildman–Crippen MR) is 162 cm³/mol. The molecule has 0 unspecified atom stereocenters. The molecule has 4 atom stereocenters. The Morgan fingerprint density at radius 1 is 1.10 bits per heavy atom. The summed E-state index contributed by atoms with van der Waals surface area (Å²) in [5.41, 5.74) is 3.37. The van der Waals surface area contributed by atoms with E-state index in [-0.39, 0.29) is 24.3 Å². The number of amides is 3. The number of ether oxygens (including phenoxy) is 1. The normalized spacial score (nSPS) is 24.7. The summed E-state index contributed by atoms with van der Waals surface area (Å²) in [5, 5.41) is 5.42. The van der Waals surface area contributed by atoms with Gasteiger partial charge in [0, 0.05) is 19.4 Å². The van der Waals surface area contributed by atoms with Gasteiger partial charge in [-0.15, -0.1) is 0 Å². The maximum absolute atomic E-state index is 13.3. The molecule has 8 heteroatoms. The minimum absolute atomic E-state index is 0.0325. The minimum Gasteiger partial charge on any atom is -0.456 e. The van der Waals surface area contributed by atoms with Crippen molar-refractivity contribution in [2.24, 2.45) is 11.3 Å². The number of aryl methyl sites for hydroxylation is 1. The molecule has 1 aromatic rings. The highest BCUT2D eigenvalue weighted by atomic mass is 16.5. The van der Waals surface area contributed by atoms with Gasteiger partial charge in [-0.05, 0) is 50.2 Å². The van der Waals surface area contributed by atoms with E-state index in [4.69, 9.17) is 4.74 Å². The number of nitrogens with zero attached hydrogens (tertiary/aromatic N) is 1. The van der Waals surface area contributed by atoms with Crippen molar-refractivity contribution in [1.82, 2.24) is 15.5 Å². The summed E-state index contributed by atoms with van der Waals surface area (Å²) in [7, 11) is 1.54. The van der Waals surface area contributed by atoms with E-state index in [2.05, 4.69) is 44.1 Å². The summed E-state index contributed by atoms with van der Waals surface area (Å²) in [6.45, 7) is 17.4. The van der Waals surface area contributed by atoms with Gasteiger partial charge in [-0.25, -0.2) is 0 Å². The molecule has 0 radical (unpaired) electrons. The molecular weight excluding hydrogens is 518 g/mol. The van der Waals surface area contributed by atoms with Gasteiger partial charge in [0.2, 0.25) is 17.7 Å². The van der Waals surface area contributed by atoms with Crippen molar-refractivity contribution in [3.05, 3.63) is 71.3 Å². The van der Waals surface area contributed by atoms with E-state index in [1.165, 1.54) is 11.9 Å². The van der Waals surface area contributed by atoms with Crippen LogP contribution >= 0.6 is 0 Å². The van der Waals surface area contributed by atoms with Gasteiger partial charge in [-0.1, -0.05) is 87.9 Å². The molecule has 2 N–H and O–H groups in total. The second kappa shape index (κ2) is 14.8. The Morgan fingerprint density at radius 2 is 1.73 bits per heavy atom. The average molecular weight is 566 g/mol. The SMILES string of the molecule is C=C1CC(=O)N[C@@H](C)C(=O)N(C)[C@@H](CCc2ccccc2)C(=O)NCC(=O)O[C@@H](/C(C)=C/C(C)=C/C(C)(C)C)[C@@H]1C. The Morgan fingerprint density at radius 3 is 2.34 bits per heavy atom. The zero-order valence-electron chi connectivity index (χ0n) is 25.9. The topological polar surface area (TPSA) is 105 Å². The van der Waals surface area contributed by atoms with Crippen LogP contribution in [0, 0.1) is 11.3 Å². The van der Waals surface area contributed by atoms with Crippen molar-refractivity contribution in [2.75, 3.05) is 13.6 Å². The lowest BCUT2D eigenvalue weighted by molar-refractivity contribution is -0.149. The van der Waals surface area contributed by atoms with E-state index in [0.29, 0.717) is 18.4 Å². The van der Waals surface area contributed by atoms with Gasteiger partial charge >= 0.3 is 5.97 Å². The summed E-state index contributed by atoms with van der Waals surface area (Å²) in [6, 6.07) is 7.94. The van der Waals surface area contributed by atoms with Gasteiger partial charge < -0.3 is 20.3 Å². The highest BCUT2D eigenvalue weighted by Gasteiger charge is 2.32. The fourth-order valence-electron chi connectivity index (χ4n) is 5.06. The van der Waals surface area contributed by atoms with Crippen LogP contribution in [0.1, 0.15) is 66.9 Å².